The molecule has 1 N–H and O–H groups in total. The van der Waals surface area contributed by atoms with Crippen LogP contribution in [-0.4, -0.2) is 41.1 Å². The number of benzene rings is 2. The number of nitrogens with zero attached hydrogens (tertiary/aromatic N) is 4. The number of aromatic nitrogens is 3. The Kier molecular flexibility index (Phi) is 4.20. The molecule has 1 saturated heterocycles. The summed E-state index contributed by atoms with van der Waals surface area (Å²) in [4.78, 5) is 17.9. The van der Waals surface area contributed by atoms with Gasteiger partial charge in [-0.2, -0.15) is 0 Å². The van der Waals surface area contributed by atoms with E-state index in [0.29, 0.717) is 0 Å². The van der Waals surface area contributed by atoms with E-state index in [4.69, 9.17) is 9.97 Å². The normalized spacial score (nSPS) is 14.6. The molecule has 2 aromatic rings. The van der Waals surface area contributed by atoms with Crippen molar-refractivity contribution in [3.8, 4) is 22.6 Å². The highest BCUT2D eigenvalue weighted by Gasteiger charge is 2.24. The van der Waals surface area contributed by atoms with Crippen LogP contribution in [0.1, 0.15) is 5.82 Å². The Morgan fingerprint density at radius 3 is 2.14 bits per heavy atom. The van der Waals surface area contributed by atoms with Crippen LogP contribution in [0.4, 0.5) is 11.5 Å². The van der Waals surface area contributed by atoms with Crippen LogP contribution < -0.4 is 9.80 Å². The predicted molar refractivity (Wildman–Crippen MR) is 114 cm³/mol. The van der Waals surface area contributed by atoms with Gasteiger partial charge in [-0.3, -0.25) is 0 Å². The second kappa shape index (κ2) is 7.00. The third kappa shape index (κ3) is 3.09. The zero-order valence-corrected chi connectivity index (χ0v) is 16.0. The Morgan fingerprint density at radius 1 is 0.786 bits per heavy atom. The van der Waals surface area contributed by atoms with Crippen LogP contribution in [0.15, 0.2) is 66.7 Å². The van der Waals surface area contributed by atoms with Gasteiger partial charge in [-0.05, 0) is 25.1 Å². The van der Waals surface area contributed by atoms with Gasteiger partial charge in [0, 0.05) is 37.4 Å². The molecule has 5 rings (SSSR count). The highest BCUT2D eigenvalue weighted by Crippen LogP contribution is 2.34. The number of aromatic amines is 1. The summed E-state index contributed by atoms with van der Waals surface area (Å²) in [6.07, 6.45) is 0. The Balaban J connectivity index is 1.44. The number of hydrogen-bond donors (Lipinski definition) is 1. The molecule has 140 valence electrons. The van der Waals surface area contributed by atoms with Crippen LogP contribution in [0.3, 0.4) is 0 Å². The lowest BCUT2D eigenvalue weighted by Crippen LogP contribution is -2.47. The minimum Gasteiger partial charge on any atom is -0.368 e. The fourth-order valence-corrected chi connectivity index (χ4v) is 3.91. The van der Waals surface area contributed by atoms with E-state index in [-0.39, 0.29) is 0 Å². The number of rotatable bonds is 3. The molecule has 0 atom stereocenters. The molecule has 3 aliphatic heterocycles. The van der Waals surface area contributed by atoms with Crippen molar-refractivity contribution in [2.75, 3.05) is 36.0 Å². The van der Waals surface area contributed by atoms with Gasteiger partial charge in [-0.15, -0.1) is 0 Å². The van der Waals surface area contributed by atoms with Crippen LogP contribution in [0.25, 0.3) is 22.6 Å². The van der Waals surface area contributed by atoms with Crippen molar-refractivity contribution in [3.05, 3.63) is 72.6 Å². The first-order valence-electron chi connectivity index (χ1n) is 9.76. The van der Waals surface area contributed by atoms with E-state index in [2.05, 4.69) is 63.3 Å². The van der Waals surface area contributed by atoms with E-state index in [1.165, 1.54) is 5.69 Å². The van der Waals surface area contributed by atoms with Gasteiger partial charge in [-0.25, -0.2) is 9.97 Å². The van der Waals surface area contributed by atoms with Crippen LogP contribution in [0.2, 0.25) is 0 Å². The fourth-order valence-electron chi connectivity index (χ4n) is 3.91. The largest absolute Gasteiger partial charge is 0.368 e. The van der Waals surface area contributed by atoms with Crippen molar-refractivity contribution in [2.24, 2.45) is 0 Å². The molecule has 0 aliphatic carbocycles. The third-order valence-electron chi connectivity index (χ3n) is 5.34. The van der Waals surface area contributed by atoms with Crippen LogP contribution in [0.5, 0.6) is 0 Å². The quantitative estimate of drug-likeness (QED) is 0.588. The lowest BCUT2D eigenvalue weighted by Gasteiger charge is -2.37. The Morgan fingerprint density at radius 2 is 1.43 bits per heavy atom. The molecule has 3 heterocycles. The zero-order chi connectivity index (χ0) is 18.9. The first kappa shape index (κ1) is 16.8. The van der Waals surface area contributed by atoms with Crippen molar-refractivity contribution >= 4 is 11.5 Å². The molecule has 3 aliphatic rings. The minimum atomic E-state index is 0.917. The van der Waals surface area contributed by atoms with E-state index in [1.807, 2.05) is 25.1 Å². The van der Waals surface area contributed by atoms with Gasteiger partial charge in [-0.1, -0.05) is 48.5 Å². The Hall–Kier alpha value is -3.34. The monoisotopic (exact) mass is 369 g/mol. The summed E-state index contributed by atoms with van der Waals surface area (Å²) >= 11 is 0. The topological polar surface area (TPSA) is 48.1 Å². The van der Waals surface area contributed by atoms with Gasteiger partial charge in [0.1, 0.15) is 11.5 Å². The first-order valence-corrected chi connectivity index (χ1v) is 9.76. The van der Waals surface area contributed by atoms with Gasteiger partial charge in [0.05, 0.1) is 11.4 Å². The summed E-state index contributed by atoms with van der Waals surface area (Å²) in [7, 11) is 0. The molecule has 0 aromatic heterocycles. The minimum absolute atomic E-state index is 0.917. The maximum absolute atomic E-state index is 4.93. The highest BCUT2D eigenvalue weighted by molar-refractivity contribution is 5.78. The third-order valence-corrected chi connectivity index (χ3v) is 5.34. The molecule has 0 bridgehead atoms. The van der Waals surface area contributed by atoms with Crippen molar-refractivity contribution in [2.45, 2.75) is 6.92 Å². The lowest BCUT2D eigenvalue weighted by atomic mass is 10.1. The Labute approximate surface area is 165 Å². The molecular formula is C23H23N5. The number of aryl methyl sites for hydroxylation is 1. The fraction of sp³-hybridized carbons (Fsp3) is 0.217. The number of anilines is 2. The van der Waals surface area contributed by atoms with E-state index in [0.717, 1.165) is 60.5 Å². The van der Waals surface area contributed by atoms with E-state index >= 15 is 0 Å². The summed E-state index contributed by atoms with van der Waals surface area (Å²) in [6.45, 7) is 5.86. The molecule has 5 nitrogen and oxygen atoms in total. The van der Waals surface area contributed by atoms with Crippen molar-refractivity contribution < 1.29 is 0 Å². The van der Waals surface area contributed by atoms with E-state index in [9.17, 15) is 0 Å². The van der Waals surface area contributed by atoms with Crippen molar-refractivity contribution in [3.63, 3.8) is 0 Å². The second-order valence-corrected chi connectivity index (χ2v) is 7.23. The standard InChI is InChI=1S/C23H23N5/c1-17-24-21-16-20(18-8-4-2-5-9-18)26-22(21)23(25-17)28-14-12-27(13-15-28)19-10-6-3-7-11-19/h2-11,16H,12-15H2,1H3,(H,24,25). The summed E-state index contributed by atoms with van der Waals surface area (Å²) in [5.74, 6) is 1.90. The zero-order valence-electron chi connectivity index (χ0n) is 16.0. The molecule has 0 radical (unpaired) electrons. The number of para-hydroxylation sites is 1. The molecule has 0 saturated carbocycles. The summed E-state index contributed by atoms with van der Waals surface area (Å²) < 4.78 is 0. The Bertz CT molecular complexity index is 1030. The van der Waals surface area contributed by atoms with Gasteiger partial charge in [0.2, 0.25) is 0 Å². The van der Waals surface area contributed by atoms with Gasteiger partial charge in [0.15, 0.2) is 5.82 Å². The molecule has 1 fully saturated rings. The maximum Gasteiger partial charge on any atom is 0.158 e. The first-order chi connectivity index (χ1) is 13.8. The summed E-state index contributed by atoms with van der Waals surface area (Å²) in [5, 5.41) is 0. The van der Waals surface area contributed by atoms with Gasteiger partial charge < -0.3 is 14.8 Å². The maximum atomic E-state index is 4.93. The number of H-pyrrole nitrogens is 1. The molecule has 0 amide bonds. The summed E-state index contributed by atoms with van der Waals surface area (Å²) in [5.41, 5.74) is 5.41. The smallest absolute Gasteiger partial charge is 0.158 e. The lowest BCUT2D eigenvalue weighted by molar-refractivity contribution is 0.645. The molecule has 28 heavy (non-hydrogen) atoms. The number of hydrogen-bond acceptors (Lipinski definition) is 4. The highest BCUT2D eigenvalue weighted by atomic mass is 15.3. The molecule has 0 unspecified atom stereocenters. The molecule has 5 heteroatoms. The van der Waals surface area contributed by atoms with Gasteiger partial charge >= 0.3 is 0 Å². The summed E-state index contributed by atoms with van der Waals surface area (Å²) in [6, 6.07) is 23.1. The average molecular weight is 369 g/mol. The van der Waals surface area contributed by atoms with Crippen LogP contribution in [0, 0.1) is 6.92 Å². The molecular weight excluding hydrogens is 346 g/mol. The number of nitrogens with one attached hydrogen (secondary N) is 1. The number of fused-ring (bicyclic) bond motifs is 1. The van der Waals surface area contributed by atoms with Gasteiger partial charge in [0.25, 0.3) is 0 Å². The molecule has 0 spiro atoms. The molecule has 2 aromatic carbocycles. The van der Waals surface area contributed by atoms with E-state index < -0.39 is 0 Å². The number of piperazine rings is 1. The predicted octanol–water partition coefficient (Wildman–Crippen LogP) is 4.21. The van der Waals surface area contributed by atoms with Crippen molar-refractivity contribution in [1.29, 1.82) is 0 Å². The van der Waals surface area contributed by atoms with Crippen LogP contribution in [-0.2, 0) is 0 Å². The second-order valence-electron chi connectivity index (χ2n) is 7.23. The van der Waals surface area contributed by atoms with Crippen molar-refractivity contribution in [1.82, 2.24) is 15.0 Å². The SMILES string of the molecule is Cc1nc(N2CCN(c3ccccc3)CC2)c2nc(-c3ccccc3)cc-2[nH]1. The average Bonchev–Trinajstić information content (AvgIpc) is 3.18. The van der Waals surface area contributed by atoms with Crippen LogP contribution >= 0.6 is 0 Å². The van der Waals surface area contributed by atoms with E-state index in [1.54, 1.807) is 0 Å².